The van der Waals surface area contributed by atoms with E-state index in [4.69, 9.17) is 10.7 Å². The lowest BCUT2D eigenvalue weighted by Crippen LogP contribution is -2.28. The lowest BCUT2D eigenvalue weighted by atomic mass is 10.1. The van der Waals surface area contributed by atoms with Crippen LogP contribution in [0, 0.1) is 13.8 Å². The number of para-hydroxylation sites is 1. The van der Waals surface area contributed by atoms with Crippen molar-refractivity contribution in [2.24, 2.45) is 0 Å². The van der Waals surface area contributed by atoms with Crippen LogP contribution in [-0.2, 0) is 0 Å². The van der Waals surface area contributed by atoms with Crippen LogP contribution in [0.15, 0.2) is 59.5 Å². The fourth-order valence-electron chi connectivity index (χ4n) is 3.40. The van der Waals surface area contributed by atoms with Gasteiger partial charge in [0.05, 0.1) is 22.6 Å². The van der Waals surface area contributed by atoms with Crippen molar-refractivity contribution in [3.05, 3.63) is 82.0 Å². The van der Waals surface area contributed by atoms with Crippen molar-refractivity contribution < 1.29 is 0 Å². The van der Waals surface area contributed by atoms with Gasteiger partial charge in [-0.05, 0) is 44.5 Å². The Labute approximate surface area is 168 Å². The Morgan fingerprint density at radius 1 is 1.00 bits per heavy atom. The normalized spacial score (nSPS) is 12.1. The first-order valence-electron chi connectivity index (χ1n) is 9.39. The van der Waals surface area contributed by atoms with Gasteiger partial charge in [0.1, 0.15) is 11.6 Å². The van der Waals surface area contributed by atoms with Crippen molar-refractivity contribution in [1.82, 2.24) is 19.5 Å². The van der Waals surface area contributed by atoms with Gasteiger partial charge in [-0.25, -0.2) is 9.97 Å². The summed E-state index contributed by atoms with van der Waals surface area (Å²) in [6, 6.07) is 14.9. The topological polar surface area (TPSA) is 98.7 Å². The van der Waals surface area contributed by atoms with Gasteiger partial charge in [-0.1, -0.05) is 30.3 Å². The second-order valence-electron chi connectivity index (χ2n) is 7.04. The number of nitrogens with zero attached hydrogens (tertiary/aromatic N) is 4. The smallest absolute Gasteiger partial charge is 0.266 e. The van der Waals surface area contributed by atoms with E-state index in [-0.39, 0.29) is 17.5 Å². The predicted octanol–water partition coefficient (Wildman–Crippen LogP) is 3.55. The molecule has 3 N–H and O–H groups in total. The number of benzene rings is 2. The molecule has 29 heavy (non-hydrogen) atoms. The Morgan fingerprint density at radius 3 is 2.52 bits per heavy atom. The Kier molecular flexibility index (Phi) is 4.72. The second kappa shape index (κ2) is 7.35. The van der Waals surface area contributed by atoms with E-state index in [0.717, 1.165) is 16.8 Å². The zero-order chi connectivity index (χ0) is 20.5. The van der Waals surface area contributed by atoms with Gasteiger partial charge in [-0.3, -0.25) is 9.36 Å². The van der Waals surface area contributed by atoms with Crippen molar-refractivity contribution in [2.45, 2.75) is 26.8 Å². The Hall–Kier alpha value is -3.74. The van der Waals surface area contributed by atoms with Crippen LogP contribution in [0.2, 0.25) is 0 Å². The number of fused-ring (bicyclic) bond motifs is 1. The van der Waals surface area contributed by atoms with Gasteiger partial charge in [0.15, 0.2) is 0 Å². The molecule has 0 aliphatic heterocycles. The first-order valence-corrected chi connectivity index (χ1v) is 9.39. The van der Waals surface area contributed by atoms with Gasteiger partial charge in [0.2, 0.25) is 5.95 Å². The van der Waals surface area contributed by atoms with E-state index in [1.54, 1.807) is 10.8 Å². The number of hydrogen-bond donors (Lipinski definition) is 2. The number of nitrogens with two attached hydrogens (primary N) is 1. The maximum absolute atomic E-state index is 13.5. The lowest BCUT2D eigenvalue weighted by Gasteiger charge is -2.21. The SMILES string of the molecule is Cc1cnc(N)nc1N[C@@H](C)c1nc2cccc(C)c2c(=O)n1-c1ccccc1. The average Bonchev–Trinajstić information content (AvgIpc) is 2.71. The maximum atomic E-state index is 13.5. The predicted molar refractivity (Wildman–Crippen MR) is 115 cm³/mol. The minimum Gasteiger partial charge on any atom is -0.368 e. The number of nitrogens with one attached hydrogen (secondary N) is 1. The number of anilines is 2. The average molecular weight is 386 g/mol. The molecule has 2 aromatic carbocycles. The van der Waals surface area contributed by atoms with Crippen LogP contribution >= 0.6 is 0 Å². The third-order valence-electron chi connectivity index (χ3n) is 4.88. The molecular weight excluding hydrogens is 364 g/mol. The molecule has 1 atom stereocenters. The fraction of sp³-hybridized carbons (Fsp3) is 0.182. The zero-order valence-corrected chi connectivity index (χ0v) is 16.5. The molecular formula is C22H22N6O. The van der Waals surface area contributed by atoms with Gasteiger partial charge in [-0.2, -0.15) is 4.98 Å². The Morgan fingerprint density at radius 2 is 1.76 bits per heavy atom. The number of rotatable bonds is 4. The van der Waals surface area contributed by atoms with E-state index in [1.165, 1.54) is 0 Å². The van der Waals surface area contributed by atoms with Crippen LogP contribution in [0.25, 0.3) is 16.6 Å². The van der Waals surface area contributed by atoms with E-state index < -0.39 is 0 Å². The molecule has 0 aliphatic rings. The van der Waals surface area contributed by atoms with Crippen LogP contribution in [0.4, 0.5) is 11.8 Å². The minimum atomic E-state index is -0.305. The molecule has 0 saturated carbocycles. The number of aryl methyl sites for hydroxylation is 2. The molecule has 4 aromatic rings. The monoisotopic (exact) mass is 386 g/mol. The van der Waals surface area contributed by atoms with Crippen molar-refractivity contribution in [3.63, 3.8) is 0 Å². The molecule has 0 amide bonds. The molecule has 0 saturated heterocycles. The molecule has 0 spiro atoms. The zero-order valence-electron chi connectivity index (χ0n) is 16.5. The highest BCUT2D eigenvalue weighted by Gasteiger charge is 2.19. The second-order valence-corrected chi connectivity index (χ2v) is 7.04. The van der Waals surface area contributed by atoms with E-state index in [0.29, 0.717) is 22.5 Å². The molecule has 0 bridgehead atoms. The van der Waals surface area contributed by atoms with Gasteiger partial charge in [0, 0.05) is 11.8 Å². The lowest BCUT2D eigenvalue weighted by molar-refractivity contribution is 0.730. The summed E-state index contributed by atoms with van der Waals surface area (Å²) in [5.74, 6) is 1.40. The molecule has 2 aromatic heterocycles. The van der Waals surface area contributed by atoms with Crippen molar-refractivity contribution in [3.8, 4) is 5.69 Å². The Balaban J connectivity index is 1.93. The molecule has 146 valence electrons. The first kappa shape index (κ1) is 18.6. The van der Waals surface area contributed by atoms with Crippen LogP contribution in [-0.4, -0.2) is 19.5 Å². The number of aromatic nitrogens is 4. The summed E-state index contributed by atoms with van der Waals surface area (Å²) in [4.78, 5) is 26.6. The van der Waals surface area contributed by atoms with Crippen LogP contribution < -0.4 is 16.6 Å². The molecule has 0 unspecified atom stereocenters. The van der Waals surface area contributed by atoms with Crippen LogP contribution in [0.5, 0.6) is 0 Å². The van der Waals surface area contributed by atoms with Crippen molar-refractivity contribution in [1.29, 1.82) is 0 Å². The van der Waals surface area contributed by atoms with Gasteiger partial charge >= 0.3 is 0 Å². The van der Waals surface area contributed by atoms with E-state index in [1.807, 2.05) is 69.3 Å². The summed E-state index contributed by atoms with van der Waals surface area (Å²) in [5, 5.41) is 3.95. The van der Waals surface area contributed by atoms with Crippen LogP contribution in [0.3, 0.4) is 0 Å². The Bertz CT molecular complexity index is 1250. The summed E-state index contributed by atoms with van der Waals surface area (Å²) < 4.78 is 1.66. The highest BCUT2D eigenvalue weighted by Crippen LogP contribution is 2.23. The summed E-state index contributed by atoms with van der Waals surface area (Å²) in [5.41, 5.74) is 8.84. The third kappa shape index (κ3) is 3.42. The standard InChI is InChI=1S/C22H22N6O/c1-13-8-7-11-17-18(13)21(29)28(16-9-5-4-6-10-16)20(26-17)15(3)25-19-14(2)12-24-22(23)27-19/h4-12,15H,1-3H3,(H3,23,24,25,27)/t15-/m0/s1. The first-order chi connectivity index (χ1) is 14.0. The van der Waals surface area contributed by atoms with Gasteiger partial charge < -0.3 is 11.1 Å². The highest BCUT2D eigenvalue weighted by molar-refractivity contribution is 5.81. The number of hydrogen-bond acceptors (Lipinski definition) is 6. The quantitative estimate of drug-likeness (QED) is 0.556. The van der Waals surface area contributed by atoms with E-state index in [9.17, 15) is 4.79 Å². The fourth-order valence-corrected chi connectivity index (χ4v) is 3.40. The van der Waals surface area contributed by atoms with Gasteiger partial charge in [0.25, 0.3) is 5.56 Å². The molecule has 0 aliphatic carbocycles. The third-order valence-corrected chi connectivity index (χ3v) is 4.88. The van der Waals surface area contributed by atoms with Gasteiger partial charge in [-0.15, -0.1) is 0 Å². The molecule has 0 fully saturated rings. The van der Waals surface area contributed by atoms with Crippen molar-refractivity contribution >= 4 is 22.7 Å². The van der Waals surface area contributed by atoms with Crippen molar-refractivity contribution in [2.75, 3.05) is 11.1 Å². The molecule has 7 nitrogen and oxygen atoms in total. The minimum absolute atomic E-state index is 0.0955. The molecule has 2 heterocycles. The maximum Gasteiger partial charge on any atom is 0.266 e. The van der Waals surface area contributed by atoms with Crippen LogP contribution in [0.1, 0.15) is 29.9 Å². The van der Waals surface area contributed by atoms with E-state index in [2.05, 4.69) is 15.3 Å². The number of nitrogen functional groups attached to an aromatic ring is 1. The largest absolute Gasteiger partial charge is 0.368 e. The molecule has 7 heteroatoms. The molecule has 0 radical (unpaired) electrons. The van der Waals surface area contributed by atoms with E-state index >= 15 is 0 Å². The molecule has 4 rings (SSSR count). The summed E-state index contributed by atoms with van der Waals surface area (Å²) in [6.45, 7) is 5.77. The highest BCUT2D eigenvalue weighted by atomic mass is 16.1. The summed E-state index contributed by atoms with van der Waals surface area (Å²) >= 11 is 0. The summed E-state index contributed by atoms with van der Waals surface area (Å²) in [6.07, 6.45) is 1.67. The summed E-state index contributed by atoms with van der Waals surface area (Å²) in [7, 11) is 0.